The predicted octanol–water partition coefficient (Wildman–Crippen LogP) is 0.402. The van der Waals surface area contributed by atoms with Crippen molar-refractivity contribution in [1.82, 2.24) is 15.2 Å². The molecule has 0 saturated carbocycles. The molecule has 0 amide bonds. The standard InChI is InChI=1S/C11H19N3O3S/c1-9-6-11(14-17-9)8-18(15,16)13-7-10-2-4-12-5-3-10/h6,10,12-13H,2-5,7-8H2,1H3. The van der Waals surface area contributed by atoms with Crippen LogP contribution in [0.3, 0.4) is 0 Å². The molecule has 0 aromatic carbocycles. The largest absolute Gasteiger partial charge is 0.361 e. The highest BCUT2D eigenvalue weighted by Crippen LogP contribution is 2.11. The summed E-state index contributed by atoms with van der Waals surface area (Å²) in [6.07, 6.45) is 2.04. The molecule has 0 bridgehead atoms. The summed E-state index contributed by atoms with van der Waals surface area (Å²) in [4.78, 5) is 0. The number of nitrogens with one attached hydrogen (secondary N) is 2. The van der Waals surface area contributed by atoms with Crippen molar-refractivity contribution >= 4 is 10.0 Å². The van der Waals surface area contributed by atoms with Crippen molar-refractivity contribution < 1.29 is 12.9 Å². The lowest BCUT2D eigenvalue weighted by Gasteiger charge is -2.22. The van der Waals surface area contributed by atoms with Crippen LogP contribution in [-0.2, 0) is 15.8 Å². The van der Waals surface area contributed by atoms with E-state index < -0.39 is 10.0 Å². The molecule has 1 aromatic rings. The predicted molar refractivity (Wildman–Crippen MR) is 67.5 cm³/mol. The van der Waals surface area contributed by atoms with Gasteiger partial charge in [-0.1, -0.05) is 5.16 Å². The average molecular weight is 273 g/mol. The zero-order valence-corrected chi connectivity index (χ0v) is 11.3. The lowest BCUT2D eigenvalue weighted by Crippen LogP contribution is -2.36. The van der Waals surface area contributed by atoms with Crippen molar-refractivity contribution in [3.05, 3.63) is 17.5 Å². The molecule has 2 rings (SSSR count). The van der Waals surface area contributed by atoms with E-state index in [2.05, 4.69) is 15.2 Å². The number of rotatable bonds is 5. The van der Waals surface area contributed by atoms with Gasteiger partial charge in [0.15, 0.2) is 0 Å². The minimum Gasteiger partial charge on any atom is -0.361 e. The van der Waals surface area contributed by atoms with E-state index >= 15 is 0 Å². The highest BCUT2D eigenvalue weighted by atomic mass is 32.2. The first-order valence-electron chi connectivity index (χ1n) is 6.15. The summed E-state index contributed by atoms with van der Waals surface area (Å²) < 4.78 is 31.2. The highest BCUT2D eigenvalue weighted by Gasteiger charge is 2.18. The minimum atomic E-state index is -3.31. The van der Waals surface area contributed by atoms with E-state index in [1.165, 1.54) is 0 Å². The van der Waals surface area contributed by atoms with Gasteiger partial charge < -0.3 is 9.84 Å². The third kappa shape index (κ3) is 4.08. The summed E-state index contributed by atoms with van der Waals surface area (Å²) in [7, 11) is -3.31. The molecule has 0 aliphatic carbocycles. The summed E-state index contributed by atoms with van der Waals surface area (Å²) in [5.41, 5.74) is 0.449. The third-order valence-corrected chi connectivity index (χ3v) is 4.35. The Balaban J connectivity index is 1.83. The zero-order valence-electron chi connectivity index (χ0n) is 10.5. The van der Waals surface area contributed by atoms with Crippen LogP contribution in [0.5, 0.6) is 0 Å². The zero-order chi connectivity index (χ0) is 13.0. The molecule has 6 nitrogen and oxygen atoms in total. The molecule has 2 heterocycles. The number of hydrogen-bond donors (Lipinski definition) is 2. The Hall–Kier alpha value is -0.920. The first-order chi connectivity index (χ1) is 8.55. The van der Waals surface area contributed by atoms with Crippen LogP contribution in [-0.4, -0.2) is 33.2 Å². The van der Waals surface area contributed by atoms with Crippen LogP contribution >= 0.6 is 0 Å². The second-order valence-electron chi connectivity index (χ2n) is 4.73. The van der Waals surface area contributed by atoms with Crippen molar-refractivity contribution in [3.8, 4) is 0 Å². The molecule has 0 radical (unpaired) electrons. The second kappa shape index (κ2) is 5.81. The van der Waals surface area contributed by atoms with E-state index in [0.29, 0.717) is 23.9 Å². The third-order valence-electron chi connectivity index (χ3n) is 3.07. The van der Waals surface area contributed by atoms with Crippen LogP contribution < -0.4 is 10.0 Å². The number of aryl methyl sites for hydroxylation is 1. The molecule has 1 fully saturated rings. The molecule has 7 heteroatoms. The van der Waals surface area contributed by atoms with E-state index in [9.17, 15) is 8.42 Å². The molecule has 0 atom stereocenters. The monoisotopic (exact) mass is 273 g/mol. The van der Waals surface area contributed by atoms with Gasteiger partial charge in [0, 0.05) is 12.6 Å². The quantitative estimate of drug-likeness (QED) is 0.811. The number of piperidine rings is 1. The van der Waals surface area contributed by atoms with Crippen LogP contribution in [0.1, 0.15) is 24.3 Å². The van der Waals surface area contributed by atoms with Gasteiger partial charge in [-0.2, -0.15) is 0 Å². The van der Waals surface area contributed by atoms with E-state index in [-0.39, 0.29) is 5.75 Å². The van der Waals surface area contributed by atoms with Crippen molar-refractivity contribution in [1.29, 1.82) is 0 Å². The van der Waals surface area contributed by atoms with Crippen LogP contribution in [0.25, 0.3) is 0 Å². The van der Waals surface area contributed by atoms with Crippen molar-refractivity contribution in [2.24, 2.45) is 5.92 Å². The van der Waals surface area contributed by atoms with Gasteiger partial charge in [0.25, 0.3) is 0 Å². The Kier molecular flexibility index (Phi) is 4.36. The van der Waals surface area contributed by atoms with E-state index in [1.54, 1.807) is 13.0 Å². The van der Waals surface area contributed by atoms with Crippen LogP contribution in [0.15, 0.2) is 10.6 Å². The molecule has 1 aliphatic heterocycles. The van der Waals surface area contributed by atoms with Gasteiger partial charge in [0.1, 0.15) is 17.2 Å². The van der Waals surface area contributed by atoms with Crippen molar-refractivity contribution in [2.75, 3.05) is 19.6 Å². The fourth-order valence-corrected chi connectivity index (χ4v) is 3.18. The first kappa shape index (κ1) is 13.5. The molecule has 18 heavy (non-hydrogen) atoms. The molecule has 0 spiro atoms. The van der Waals surface area contributed by atoms with Crippen molar-refractivity contribution in [2.45, 2.75) is 25.5 Å². The number of aromatic nitrogens is 1. The lowest BCUT2D eigenvalue weighted by molar-refractivity contribution is 0.372. The van der Waals surface area contributed by atoms with Gasteiger partial charge in [0.2, 0.25) is 10.0 Å². The fourth-order valence-electron chi connectivity index (χ4n) is 2.06. The van der Waals surface area contributed by atoms with Crippen LogP contribution in [0.2, 0.25) is 0 Å². The maximum Gasteiger partial charge on any atom is 0.217 e. The van der Waals surface area contributed by atoms with Gasteiger partial charge >= 0.3 is 0 Å². The van der Waals surface area contributed by atoms with E-state index in [1.807, 2.05) is 0 Å². The SMILES string of the molecule is Cc1cc(CS(=O)(=O)NCC2CCNCC2)no1. The fraction of sp³-hybridized carbons (Fsp3) is 0.727. The Morgan fingerprint density at radius 1 is 1.50 bits per heavy atom. The van der Waals surface area contributed by atoms with Gasteiger partial charge in [-0.3, -0.25) is 0 Å². The molecule has 102 valence electrons. The Morgan fingerprint density at radius 3 is 2.83 bits per heavy atom. The Bertz CT molecular complexity index is 477. The summed E-state index contributed by atoms with van der Waals surface area (Å²) in [6.45, 7) is 4.19. The van der Waals surface area contributed by atoms with E-state index in [0.717, 1.165) is 25.9 Å². The van der Waals surface area contributed by atoms with Crippen molar-refractivity contribution in [3.63, 3.8) is 0 Å². The molecule has 1 aromatic heterocycles. The summed E-state index contributed by atoms with van der Waals surface area (Å²) in [6, 6.07) is 1.64. The topological polar surface area (TPSA) is 84.2 Å². The minimum absolute atomic E-state index is 0.116. The number of hydrogen-bond acceptors (Lipinski definition) is 5. The summed E-state index contributed by atoms with van der Waals surface area (Å²) >= 11 is 0. The second-order valence-corrected chi connectivity index (χ2v) is 6.54. The highest BCUT2D eigenvalue weighted by molar-refractivity contribution is 7.88. The maximum atomic E-state index is 11.8. The molecular formula is C11H19N3O3S. The molecule has 1 saturated heterocycles. The Morgan fingerprint density at radius 2 is 2.22 bits per heavy atom. The molecule has 0 unspecified atom stereocenters. The molecule has 1 aliphatic rings. The molecule has 2 N–H and O–H groups in total. The number of sulfonamides is 1. The normalized spacial score (nSPS) is 18.1. The Labute approximate surface area is 107 Å². The van der Waals surface area contributed by atoms with Gasteiger partial charge in [-0.05, 0) is 38.8 Å². The first-order valence-corrected chi connectivity index (χ1v) is 7.81. The maximum absolute atomic E-state index is 11.8. The van der Waals surface area contributed by atoms with Crippen LogP contribution in [0, 0.1) is 12.8 Å². The summed E-state index contributed by atoms with van der Waals surface area (Å²) in [5, 5.41) is 6.95. The van der Waals surface area contributed by atoms with Gasteiger partial charge in [0.05, 0.1) is 0 Å². The lowest BCUT2D eigenvalue weighted by atomic mass is 9.99. The molecular weight excluding hydrogens is 254 g/mol. The summed E-state index contributed by atoms with van der Waals surface area (Å²) in [5.74, 6) is 0.939. The number of nitrogens with zero attached hydrogens (tertiary/aromatic N) is 1. The van der Waals surface area contributed by atoms with Crippen LogP contribution in [0.4, 0.5) is 0 Å². The smallest absolute Gasteiger partial charge is 0.217 e. The average Bonchev–Trinajstić information content (AvgIpc) is 2.73. The van der Waals surface area contributed by atoms with Gasteiger partial charge in [-0.25, -0.2) is 13.1 Å². The van der Waals surface area contributed by atoms with E-state index in [4.69, 9.17) is 4.52 Å². The van der Waals surface area contributed by atoms with Gasteiger partial charge in [-0.15, -0.1) is 0 Å².